The summed E-state index contributed by atoms with van der Waals surface area (Å²) in [7, 11) is 3.14. The Bertz CT molecular complexity index is 538. The molecule has 0 heterocycles. The third kappa shape index (κ3) is 11.5. The lowest BCUT2D eigenvalue weighted by Crippen LogP contribution is -2.39. The average Bonchev–Trinajstić information content (AvgIpc) is 2.62. The van der Waals surface area contributed by atoms with Crippen LogP contribution in [0.3, 0.4) is 0 Å². The first kappa shape index (κ1) is 23.2. The Balaban J connectivity index is 2.09. The molecule has 1 aromatic rings. The number of halogens is 3. The molecule has 1 aromatic carbocycles. The number of rotatable bonds is 11. The van der Waals surface area contributed by atoms with Gasteiger partial charge in [-0.1, -0.05) is 30.3 Å². The van der Waals surface area contributed by atoms with E-state index in [0.717, 1.165) is 12.0 Å². The molecule has 0 bridgehead atoms. The van der Waals surface area contributed by atoms with Crippen LogP contribution >= 0.6 is 0 Å². The van der Waals surface area contributed by atoms with Crippen molar-refractivity contribution in [3.63, 3.8) is 0 Å². The molecule has 154 valence electrons. The fourth-order valence-electron chi connectivity index (χ4n) is 2.52. The minimum absolute atomic E-state index is 0.0531. The van der Waals surface area contributed by atoms with Gasteiger partial charge in [-0.15, -0.1) is 0 Å². The van der Waals surface area contributed by atoms with Crippen LogP contribution in [0.2, 0.25) is 0 Å². The summed E-state index contributed by atoms with van der Waals surface area (Å²) >= 11 is 0. The van der Waals surface area contributed by atoms with Crippen molar-refractivity contribution in [1.29, 1.82) is 0 Å². The number of ether oxygens (including phenoxy) is 1. The van der Waals surface area contributed by atoms with E-state index in [1.165, 1.54) is 11.9 Å². The Morgan fingerprint density at radius 1 is 1.15 bits per heavy atom. The molecule has 0 saturated carbocycles. The molecule has 1 unspecified atom stereocenters. The van der Waals surface area contributed by atoms with E-state index in [-0.39, 0.29) is 6.10 Å². The average molecular weight is 388 g/mol. The van der Waals surface area contributed by atoms with Crippen molar-refractivity contribution in [3.05, 3.63) is 35.9 Å². The van der Waals surface area contributed by atoms with E-state index in [2.05, 4.69) is 15.6 Å². The van der Waals surface area contributed by atoms with Crippen LogP contribution in [-0.4, -0.2) is 63.9 Å². The van der Waals surface area contributed by atoms with Crippen LogP contribution in [0.25, 0.3) is 0 Å². The van der Waals surface area contributed by atoms with Crippen molar-refractivity contribution in [2.24, 2.45) is 4.99 Å². The van der Waals surface area contributed by atoms with Gasteiger partial charge in [-0.2, -0.15) is 13.2 Å². The van der Waals surface area contributed by atoms with Gasteiger partial charge in [0.15, 0.2) is 5.96 Å². The molecule has 0 fully saturated rings. The zero-order valence-corrected chi connectivity index (χ0v) is 16.4. The highest BCUT2D eigenvalue weighted by Gasteiger charge is 2.28. The predicted octanol–water partition coefficient (Wildman–Crippen LogP) is 3.20. The monoisotopic (exact) mass is 388 g/mol. The van der Waals surface area contributed by atoms with Gasteiger partial charge in [-0.25, -0.2) is 0 Å². The van der Waals surface area contributed by atoms with Crippen LogP contribution in [0.15, 0.2) is 35.3 Å². The molecule has 0 spiro atoms. The fourth-order valence-corrected chi connectivity index (χ4v) is 2.52. The molecule has 0 aliphatic rings. The van der Waals surface area contributed by atoms with Crippen molar-refractivity contribution in [3.8, 4) is 0 Å². The second-order valence-corrected chi connectivity index (χ2v) is 6.41. The van der Waals surface area contributed by atoms with E-state index >= 15 is 0 Å². The van der Waals surface area contributed by atoms with E-state index in [1.54, 1.807) is 7.05 Å². The van der Waals surface area contributed by atoms with Gasteiger partial charge in [0.25, 0.3) is 0 Å². The largest absolute Gasteiger partial charge is 0.401 e. The van der Waals surface area contributed by atoms with Crippen LogP contribution in [0.4, 0.5) is 13.2 Å². The first-order valence-electron chi connectivity index (χ1n) is 9.18. The number of benzene rings is 1. The standard InChI is InChI=1S/C19H31F3N4O/c1-16(17-9-5-4-6-10-17)27-14-8-12-25-18(23-2)24-11-7-13-26(3)15-19(20,21)22/h4-6,9-10,16H,7-8,11-15H2,1-3H3,(H2,23,24,25). The Labute approximate surface area is 160 Å². The number of nitrogens with zero attached hydrogens (tertiary/aromatic N) is 2. The Hall–Kier alpha value is -1.80. The van der Waals surface area contributed by atoms with Crippen LogP contribution in [0, 0.1) is 0 Å². The zero-order chi connectivity index (χ0) is 20.1. The van der Waals surface area contributed by atoms with Crippen LogP contribution < -0.4 is 10.6 Å². The normalized spacial score (nSPS) is 13.7. The van der Waals surface area contributed by atoms with Gasteiger partial charge in [0.2, 0.25) is 0 Å². The summed E-state index contributed by atoms with van der Waals surface area (Å²) in [4.78, 5) is 5.37. The summed E-state index contributed by atoms with van der Waals surface area (Å²) < 4.78 is 42.6. The quantitative estimate of drug-likeness (QED) is 0.347. The highest BCUT2D eigenvalue weighted by molar-refractivity contribution is 5.79. The Kier molecular flexibility index (Phi) is 10.8. The van der Waals surface area contributed by atoms with Crippen LogP contribution in [0.5, 0.6) is 0 Å². The molecule has 1 atom stereocenters. The maximum absolute atomic E-state index is 12.2. The molecule has 0 radical (unpaired) electrons. The molecule has 0 aliphatic carbocycles. The van der Waals surface area contributed by atoms with E-state index in [1.807, 2.05) is 37.3 Å². The second kappa shape index (κ2) is 12.6. The van der Waals surface area contributed by atoms with Gasteiger partial charge >= 0.3 is 6.18 Å². The summed E-state index contributed by atoms with van der Waals surface area (Å²) in [5.74, 6) is 0.643. The molecule has 8 heteroatoms. The molecule has 27 heavy (non-hydrogen) atoms. The predicted molar refractivity (Wildman–Crippen MR) is 103 cm³/mol. The maximum Gasteiger partial charge on any atom is 0.401 e. The van der Waals surface area contributed by atoms with Gasteiger partial charge in [0, 0.05) is 26.7 Å². The highest BCUT2D eigenvalue weighted by Crippen LogP contribution is 2.16. The molecule has 1 rings (SSSR count). The highest BCUT2D eigenvalue weighted by atomic mass is 19.4. The zero-order valence-electron chi connectivity index (χ0n) is 16.4. The summed E-state index contributed by atoms with van der Waals surface area (Å²) in [6, 6.07) is 10.1. The van der Waals surface area contributed by atoms with E-state index < -0.39 is 12.7 Å². The Morgan fingerprint density at radius 3 is 2.37 bits per heavy atom. The number of hydrogen-bond donors (Lipinski definition) is 2. The topological polar surface area (TPSA) is 48.9 Å². The van der Waals surface area contributed by atoms with Gasteiger partial charge < -0.3 is 15.4 Å². The first-order chi connectivity index (χ1) is 12.8. The molecule has 0 saturated heterocycles. The summed E-state index contributed by atoms with van der Waals surface area (Å²) in [5, 5.41) is 6.28. The van der Waals surface area contributed by atoms with Crippen molar-refractivity contribution in [1.82, 2.24) is 15.5 Å². The molecular formula is C19H31F3N4O. The van der Waals surface area contributed by atoms with Crippen LogP contribution in [-0.2, 0) is 4.74 Å². The lowest BCUT2D eigenvalue weighted by molar-refractivity contribution is -0.143. The Morgan fingerprint density at radius 2 is 1.78 bits per heavy atom. The summed E-state index contributed by atoms with van der Waals surface area (Å²) in [6.07, 6.45) is -2.67. The minimum atomic E-state index is -4.15. The molecule has 0 amide bonds. The smallest absolute Gasteiger partial charge is 0.374 e. The molecular weight excluding hydrogens is 357 g/mol. The van der Waals surface area contributed by atoms with Crippen molar-refractivity contribution in [2.75, 3.05) is 46.9 Å². The third-order valence-electron chi connectivity index (χ3n) is 3.93. The molecule has 0 aliphatic heterocycles. The van der Waals surface area contributed by atoms with Gasteiger partial charge in [-0.05, 0) is 38.9 Å². The van der Waals surface area contributed by atoms with E-state index in [4.69, 9.17) is 4.74 Å². The SMILES string of the molecule is CN=C(NCCCOC(C)c1ccccc1)NCCCN(C)CC(F)(F)F. The number of nitrogens with one attached hydrogen (secondary N) is 2. The van der Waals surface area contributed by atoms with Gasteiger partial charge in [0.05, 0.1) is 12.6 Å². The summed E-state index contributed by atoms with van der Waals surface area (Å²) in [6.45, 7) is 3.40. The lowest BCUT2D eigenvalue weighted by atomic mass is 10.1. The van der Waals surface area contributed by atoms with Gasteiger partial charge in [0.1, 0.15) is 0 Å². The second-order valence-electron chi connectivity index (χ2n) is 6.41. The van der Waals surface area contributed by atoms with Crippen LogP contribution in [0.1, 0.15) is 31.4 Å². The maximum atomic E-state index is 12.2. The fraction of sp³-hybridized carbons (Fsp3) is 0.632. The van der Waals surface area contributed by atoms with E-state index in [9.17, 15) is 13.2 Å². The number of guanidine groups is 1. The first-order valence-corrected chi connectivity index (χ1v) is 9.18. The van der Waals surface area contributed by atoms with Gasteiger partial charge in [-0.3, -0.25) is 9.89 Å². The molecule has 0 aromatic heterocycles. The number of aliphatic imine (C=N–C) groups is 1. The van der Waals surface area contributed by atoms with E-state index in [0.29, 0.717) is 38.6 Å². The lowest BCUT2D eigenvalue weighted by Gasteiger charge is -2.19. The minimum Gasteiger partial charge on any atom is -0.374 e. The third-order valence-corrected chi connectivity index (χ3v) is 3.93. The summed E-state index contributed by atoms with van der Waals surface area (Å²) in [5.41, 5.74) is 1.15. The number of hydrogen-bond acceptors (Lipinski definition) is 3. The van der Waals surface area contributed by atoms with Crippen molar-refractivity contribution >= 4 is 5.96 Å². The molecule has 5 nitrogen and oxygen atoms in total. The van der Waals surface area contributed by atoms with Crippen molar-refractivity contribution < 1.29 is 17.9 Å². The molecule has 2 N–H and O–H groups in total. The number of alkyl halides is 3. The van der Waals surface area contributed by atoms with Crippen molar-refractivity contribution in [2.45, 2.75) is 32.0 Å².